The van der Waals surface area contributed by atoms with Gasteiger partial charge in [-0.25, -0.2) is 4.39 Å². The molecule has 2 heterocycles. The number of hydrogen-bond acceptors (Lipinski definition) is 3. The maximum absolute atomic E-state index is 14.1. The number of hydrogen-bond donors (Lipinski definition) is 1. The van der Waals surface area contributed by atoms with E-state index in [0.717, 1.165) is 44.0 Å². The number of aromatic nitrogens is 1. The number of aromatic amines is 1. The Labute approximate surface area is 186 Å². The number of halogens is 1. The van der Waals surface area contributed by atoms with Crippen molar-refractivity contribution < 1.29 is 9.13 Å². The molecule has 162 valence electrons. The van der Waals surface area contributed by atoms with E-state index < -0.39 is 5.82 Å². The van der Waals surface area contributed by atoms with Gasteiger partial charge in [0.15, 0.2) is 5.43 Å². The molecule has 0 unspecified atom stereocenters. The lowest BCUT2D eigenvalue weighted by atomic mass is 9.99. The third-order valence-electron chi connectivity index (χ3n) is 6.18. The van der Waals surface area contributed by atoms with Crippen molar-refractivity contribution in [1.29, 1.82) is 0 Å². The average Bonchev–Trinajstić information content (AvgIpc) is 2.83. The summed E-state index contributed by atoms with van der Waals surface area (Å²) in [7, 11) is 0. The monoisotopic (exact) mass is 428 g/mol. The minimum absolute atomic E-state index is 0.117. The second-order valence-corrected chi connectivity index (χ2v) is 8.26. The first kappa shape index (κ1) is 20.5. The number of morpholine rings is 1. The van der Waals surface area contributed by atoms with Crippen molar-refractivity contribution in [2.45, 2.75) is 13.3 Å². The molecular formula is C27H25FN2O2. The SMILES string of the molecule is Cc1c(-c2ccc(Cc3ccc(N4CCOCC4)cc3)cc2)[nH]c2cccc(F)c2c1=O. The Morgan fingerprint density at radius 1 is 0.938 bits per heavy atom. The molecule has 1 fully saturated rings. The van der Waals surface area contributed by atoms with Crippen molar-refractivity contribution in [1.82, 2.24) is 4.98 Å². The Bertz CT molecular complexity index is 1300. The molecule has 5 heteroatoms. The van der Waals surface area contributed by atoms with Crippen molar-refractivity contribution >= 4 is 16.6 Å². The summed E-state index contributed by atoms with van der Waals surface area (Å²) in [6.07, 6.45) is 0.835. The third kappa shape index (κ3) is 3.92. The topological polar surface area (TPSA) is 45.3 Å². The summed E-state index contributed by atoms with van der Waals surface area (Å²) < 4.78 is 19.6. The number of rotatable bonds is 4. The van der Waals surface area contributed by atoms with E-state index in [-0.39, 0.29) is 10.8 Å². The van der Waals surface area contributed by atoms with Gasteiger partial charge in [-0.1, -0.05) is 42.5 Å². The van der Waals surface area contributed by atoms with Crippen molar-refractivity contribution in [3.8, 4) is 11.3 Å². The Kier molecular flexibility index (Phi) is 5.50. The number of pyridine rings is 1. The zero-order chi connectivity index (χ0) is 22.1. The molecule has 1 N–H and O–H groups in total. The molecule has 0 aliphatic carbocycles. The van der Waals surface area contributed by atoms with E-state index in [1.54, 1.807) is 19.1 Å². The highest BCUT2D eigenvalue weighted by molar-refractivity contribution is 5.83. The van der Waals surface area contributed by atoms with Crippen LogP contribution < -0.4 is 10.3 Å². The van der Waals surface area contributed by atoms with Crippen LogP contribution in [0, 0.1) is 12.7 Å². The Hall–Kier alpha value is -3.44. The molecule has 0 bridgehead atoms. The molecule has 3 aromatic carbocycles. The van der Waals surface area contributed by atoms with Crippen LogP contribution >= 0.6 is 0 Å². The highest BCUT2D eigenvalue weighted by atomic mass is 19.1. The molecule has 0 saturated carbocycles. The first-order valence-corrected chi connectivity index (χ1v) is 10.9. The van der Waals surface area contributed by atoms with Crippen LogP contribution in [0.1, 0.15) is 16.7 Å². The second-order valence-electron chi connectivity index (χ2n) is 8.26. The maximum Gasteiger partial charge on any atom is 0.195 e. The zero-order valence-electron chi connectivity index (χ0n) is 18.0. The van der Waals surface area contributed by atoms with Crippen LogP contribution in [0.4, 0.5) is 10.1 Å². The molecule has 1 aliphatic rings. The minimum Gasteiger partial charge on any atom is -0.378 e. The van der Waals surface area contributed by atoms with Crippen LogP contribution in [0.5, 0.6) is 0 Å². The standard InChI is InChI=1S/C27H25FN2O2/c1-18-26(29-24-4-2-3-23(28)25(24)27(18)31)21-9-5-19(6-10-21)17-20-7-11-22(12-8-20)30-13-15-32-16-14-30/h2-12H,13-17H2,1H3,(H,29,31). The van der Waals surface area contributed by atoms with E-state index in [4.69, 9.17) is 4.74 Å². The Morgan fingerprint density at radius 2 is 1.59 bits per heavy atom. The quantitative estimate of drug-likeness (QED) is 0.494. The number of nitrogens with one attached hydrogen (secondary N) is 1. The maximum atomic E-state index is 14.1. The van der Waals surface area contributed by atoms with Gasteiger partial charge < -0.3 is 14.6 Å². The van der Waals surface area contributed by atoms with Gasteiger partial charge in [0, 0.05) is 24.3 Å². The van der Waals surface area contributed by atoms with E-state index in [2.05, 4.69) is 46.3 Å². The Balaban J connectivity index is 1.37. The predicted octanol–water partition coefficient (Wildman–Crippen LogP) is 5.07. The van der Waals surface area contributed by atoms with Crippen LogP contribution in [0.15, 0.2) is 71.5 Å². The zero-order valence-corrected chi connectivity index (χ0v) is 18.0. The third-order valence-corrected chi connectivity index (χ3v) is 6.18. The van der Waals surface area contributed by atoms with Crippen LogP contribution in [0.25, 0.3) is 22.2 Å². The van der Waals surface area contributed by atoms with E-state index in [9.17, 15) is 9.18 Å². The summed E-state index contributed by atoms with van der Waals surface area (Å²) in [5.41, 5.74) is 6.09. The molecule has 0 atom stereocenters. The molecule has 0 spiro atoms. The number of nitrogens with zero attached hydrogens (tertiary/aromatic N) is 1. The fourth-order valence-corrected chi connectivity index (χ4v) is 4.35. The number of anilines is 1. The van der Waals surface area contributed by atoms with E-state index >= 15 is 0 Å². The molecule has 0 radical (unpaired) electrons. The molecular weight excluding hydrogens is 403 g/mol. The van der Waals surface area contributed by atoms with Gasteiger partial charge in [-0.3, -0.25) is 4.79 Å². The highest BCUT2D eigenvalue weighted by Crippen LogP contribution is 2.25. The predicted molar refractivity (Wildman–Crippen MR) is 127 cm³/mol. The number of H-pyrrole nitrogens is 1. The van der Waals surface area contributed by atoms with Crippen LogP contribution in [0.3, 0.4) is 0 Å². The van der Waals surface area contributed by atoms with Crippen molar-refractivity contribution in [2.24, 2.45) is 0 Å². The van der Waals surface area contributed by atoms with Gasteiger partial charge in [0.25, 0.3) is 0 Å². The summed E-state index contributed by atoms with van der Waals surface area (Å²) >= 11 is 0. The highest BCUT2D eigenvalue weighted by Gasteiger charge is 2.13. The van der Waals surface area contributed by atoms with Gasteiger partial charge in [0.05, 0.1) is 29.8 Å². The van der Waals surface area contributed by atoms with Gasteiger partial charge in [0.2, 0.25) is 0 Å². The molecule has 32 heavy (non-hydrogen) atoms. The fourth-order valence-electron chi connectivity index (χ4n) is 4.35. The lowest BCUT2D eigenvalue weighted by Gasteiger charge is -2.28. The minimum atomic E-state index is -0.492. The van der Waals surface area contributed by atoms with Gasteiger partial charge in [-0.15, -0.1) is 0 Å². The van der Waals surface area contributed by atoms with Crippen LogP contribution in [-0.2, 0) is 11.2 Å². The molecule has 0 amide bonds. The second kappa shape index (κ2) is 8.60. The van der Waals surface area contributed by atoms with E-state index in [1.807, 2.05) is 12.1 Å². The fraction of sp³-hybridized carbons (Fsp3) is 0.222. The van der Waals surface area contributed by atoms with Crippen LogP contribution in [-0.4, -0.2) is 31.3 Å². The summed E-state index contributed by atoms with van der Waals surface area (Å²) in [5.74, 6) is -0.492. The van der Waals surface area contributed by atoms with Crippen molar-refractivity contribution in [3.63, 3.8) is 0 Å². The number of benzene rings is 3. The van der Waals surface area contributed by atoms with E-state index in [0.29, 0.717) is 11.1 Å². The largest absolute Gasteiger partial charge is 0.378 e. The molecule has 4 nitrogen and oxygen atoms in total. The summed E-state index contributed by atoms with van der Waals surface area (Å²) in [5, 5.41) is 0.117. The number of fused-ring (bicyclic) bond motifs is 1. The lowest BCUT2D eigenvalue weighted by molar-refractivity contribution is 0.122. The van der Waals surface area contributed by atoms with Gasteiger partial charge >= 0.3 is 0 Å². The van der Waals surface area contributed by atoms with Gasteiger partial charge in [-0.2, -0.15) is 0 Å². The number of ether oxygens (including phenoxy) is 1. The van der Waals surface area contributed by atoms with Gasteiger partial charge in [0.1, 0.15) is 5.82 Å². The van der Waals surface area contributed by atoms with E-state index in [1.165, 1.54) is 22.9 Å². The summed E-state index contributed by atoms with van der Waals surface area (Å²) in [4.78, 5) is 18.3. The summed E-state index contributed by atoms with van der Waals surface area (Å²) in [6.45, 7) is 5.17. The molecule has 1 saturated heterocycles. The molecule has 1 aromatic heterocycles. The first-order valence-electron chi connectivity index (χ1n) is 10.9. The first-order chi connectivity index (χ1) is 15.6. The Morgan fingerprint density at radius 3 is 2.28 bits per heavy atom. The molecule has 5 rings (SSSR count). The normalized spacial score (nSPS) is 14.1. The average molecular weight is 429 g/mol. The summed E-state index contributed by atoms with van der Waals surface area (Å²) in [6, 6.07) is 21.6. The van der Waals surface area contributed by atoms with Crippen molar-refractivity contribution in [3.05, 3.63) is 99.5 Å². The van der Waals surface area contributed by atoms with Gasteiger partial charge in [-0.05, 0) is 54.3 Å². The lowest BCUT2D eigenvalue weighted by Crippen LogP contribution is -2.36. The van der Waals surface area contributed by atoms with Crippen LogP contribution in [0.2, 0.25) is 0 Å². The molecule has 4 aromatic rings. The smallest absolute Gasteiger partial charge is 0.195 e. The molecule has 1 aliphatic heterocycles. The van der Waals surface area contributed by atoms with Crippen molar-refractivity contribution in [2.75, 3.05) is 31.2 Å².